The lowest BCUT2D eigenvalue weighted by atomic mass is 10.3. The minimum absolute atomic E-state index is 0.778. The molecule has 0 amide bonds. The monoisotopic (exact) mass is 128 g/mol. The Hall–Kier alpha value is -0.590. The molecular weight excluding hydrogens is 116 g/mol. The van der Waals surface area contributed by atoms with Gasteiger partial charge in [0.2, 0.25) is 5.72 Å². The average molecular weight is 128 g/mol. The smallest absolute Gasteiger partial charge is 0.206 e. The van der Waals surface area contributed by atoms with Crippen molar-refractivity contribution < 1.29 is 4.74 Å². The SMILES string of the molecule is COC(C)(C#N)N(C)C. The Morgan fingerprint density at radius 1 is 1.56 bits per heavy atom. The minimum Gasteiger partial charge on any atom is -0.351 e. The van der Waals surface area contributed by atoms with Gasteiger partial charge in [0.25, 0.3) is 0 Å². The molecule has 0 N–H and O–H groups in total. The number of nitrogens with zero attached hydrogens (tertiary/aromatic N) is 2. The van der Waals surface area contributed by atoms with E-state index in [0.29, 0.717) is 0 Å². The predicted molar refractivity (Wildman–Crippen MR) is 34.7 cm³/mol. The van der Waals surface area contributed by atoms with Crippen molar-refractivity contribution in [3.63, 3.8) is 0 Å². The first-order valence-corrected chi connectivity index (χ1v) is 2.70. The molecule has 0 spiro atoms. The first-order chi connectivity index (χ1) is 4.06. The Kier molecular flexibility index (Phi) is 2.63. The van der Waals surface area contributed by atoms with Crippen LogP contribution in [0.4, 0.5) is 0 Å². The van der Waals surface area contributed by atoms with Gasteiger partial charge in [-0.15, -0.1) is 0 Å². The summed E-state index contributed by atoms with van der Waals surface area (Å²) in [5.41, 5.74) is -0.778. The van der Waals surface area contributed by atoms with Gasteiger partial charge in [-0.05, 0) is 21.0 Å². The zero-order valence-corrected chi connectivity index (χ0v) is 6.30. The van der Waals surface area contributed by atoms with Crippen LogP contribution in [0.5, 0.6) is 0 Å². The normalized spacial score (nSPS) is 16.9. The van der Waals surface area contributed by atoms with Crippen LogP contribution in [0.2, 0.25) is 0 Å². The second-order valence-corrected chi connectivity index (χ2v) is 2.19. The second kappa shape index (κ2) is 2.81. The summed E-state index contributed by atoms with van der Waals surface area (Å²) in [4.78, 5) is 1.72. The summed E-state index contributed by atoms with van der Waals surface area (Å²) in [6.07, 6.45) is 0. The summed E-state index contributed by atoms with van der Waals surface area (Å²) >= 11 is 0. The fourth-order valence-electron chi connectivity index (χ4n) is 0.328. The number of hydrogen-bond donors (Lipinski definition) is 0. The van der Waals surface area contributed by atoms with Crippen LogP contribution in [0.25, 0.3) is 0 Å². The molecule has 3 heteroatoms. The first kappa shape index (κ1) is 8.41. The molecule has 0 saturated heterocycles. The van der Waals surface area contributed by atoms with Crippen LogP contribution < -0.4 is 0 Å². The molecule has 0 saturated carbocycles. The third-order valence-electron chi connectivity index (χ3n) is 1.46. The van der Waals surface area contributed by atoms with Crippen molar-refractivity contribution in [2.45, 2.75) is 12.6 Å². The molecule has 0 aliphatic heterocycles. The lowest BCUT2D eigenvalue weighted by Gasteiger charge is -2.26. The lowest BCUT2D eigenvalue weighted by Crippen LogP contribution is -2.41. The highest BCUT2D eigenvalue weighted by molar-refractivity contribution is 4.95. The second-order valence-electron chi connectivity index (χ2n) is 2.19. The van der Waals surface area contributed by atoms with Crippen LogP contribution in [0.3, 0.4) is 0 Å². The van der Waals surface area contributed by atoms with Crippen LogP contribution in [0.15, 0.2) is 0 Å². The number of methoxy groups -OCH3 is 1. The molecule has 52 valence electrons. The molecule has 0 radical (unpaired) electrons. The maximum atomic E-state index is 8.54. The fraction of sp³-hybridized carbons (Fsp3) is 0.833. The quantitative estimate of drug-likeness (QED) is 0.506. The Morgan fingerprint density at radius 3 is 2.00 bits per heavy atom. The standard InChI is InChI=1S/C6H12N2O/c1-6(5-7,9-4)8(2)3/h1-4H3. The zero-order valence-electron chi connectivity index (χ0n) is 6.30. The third kappa shape index (κ3) is 1.67. The van der Waals surface area contributed by atoms with Crippen molar-refractivity contribution >= 4 is 0 Å². The van der Waals surface area contributed by atoms with Gasteiger partial charge in [-0.1, -0.05) is 0 Å². The Bertz CT molecular complexity index is 128. The summed E-state index contributed by atoms with van der Waals surface area (Å²) < 4.78 is 4.91. The van der Waals surface area contributed by atoms with E-state index in [1.165, 1.54) is 7.11 Å². The molecule has 0 heterocycles. The average Bonchev–Trinajstić information content (AvgIpc) is 1.86. The van der Waals surface area contributed by atoms with Crippen LogP contribution in [-0.2, 0) is 4.74 Å². The maximum absolute atomic E-state index is 8.54. The molecule has 0 rings (SSSR count). The number of nitriles is 1. The van der Waals surface area contributed by atoms with E-state index in [1.807, 2.05) is 6.07 Å². The largest absolute Gasteiger partial charge is 0.351 e. The highest BCUT2D eigenvalue weighted by Gasteiger charge is 2.24. The van der Waals surface area contributed by atoms with Gasteiger partial charge < -0.3 is 4.74 Å². The summed E-state index contributed by atoms with van der Waals surface area (Å²) in [7, 11) is 5.11. The van der Waals surface area contributed by atoms with Gasteiger partial charge in [0.05, 0.1) is 0 Å². The molecule has 0 aliphatic carbocycles. The number of ether oxygens (including phenoxy) is 1. The molecule has 9 heavy (non-hydrogen) atoms. The van der Waals surface area contributed by atoms with Crippen LogP contribution in [0.1, 0.15) is 6.92 Å². The zero-order chi connectivity index (χ0) is 7.49. The van der Waals surface area contributed by atoms with Gasteiger partial charge in [0.15, 0.2) is 0 Å². The summed E-state index contributed by atoms with van der Waals surface area (Å²) in [5, 5.41) is 8.54. The van der Waals surface area contributed by atoms with E-state index < -0.39 is 5.72 Å². The van der Waals surface area contributed by atoms with Gasteiger partial charge in [0, 0.05) is 7.11 Å². The molecule has 1 atom stereocenters. The maximum Gasteiger partial charge on any atom is 0.206 e. The Balaban J connectivity index is 4.14. The van der Waals surface area contributed by atoms with E-state index in [0.717, 1.165) is 0 Å². The van der Waals surface area contributed by atoms with Gasteiger partial charge >= 0.3 is 0 Å². The van der Waals surface area contributed by atoms with Gasteiger partial charge in [-0.2, -0.15) is 5.26 Å². The van der Waals surface area contributed by atoms with Crippen molar-refractivity contribution in [1.29, 1.82) is 5.26 Å². The van der Waals surface area contributed by atoms with Gasteiger partial charge in [0.1, 0.15) is 6.07 Å². The van der Waals surface area contributed by atoms with E-state index in [9.17, 15) is 0 Å². The molecule has 1 unspecified atom stereocenters. The van der Waals surface area contributed by atoms with E-state index in [-0.39, 0.29) is 0 Å². The fourth-order valence-corrected chi connectivity index (χ4v) is 0.328. The molecule has 0 aromatic carbocycles. The molecule has 0 bridgehead atoms. The van der Waals surface area contributed by atoms with Crippen molar-refractivity contribution in [3.8, 4) is 6.07 Å². The van der Waals surface area contributed by atoms with Gasteiger partial charge in [-0.3, -0.25) is 4.90 Å². The van der Waals surface area contributed by atoms with Crippen LogP contribution >= 0.6 is 0 Å². The van der Waals surface area contributed by atoms with Crippen LogP contribution in [0, 0.1) is 11.3 Å². The van der Waals surface area contributed by atoms with Crippen molar-refractivity contribution in [3.05, 3.63) is 0 Å². The highest BCUT2D eigenvalue weighted by Crippen LogP contribution is 2.08. The molecule has 0 aromatic heterocycles. The number of rotatable bonds is 2. The summed E-state index contributed by atoms with van der Waals surface area (Å²) in [6.45, 7) is 1.72. The van der Waals surface area contributed by atoms with E-state index in [1.54, 1.807) is 25.9 Å². The molecule has 0 aliphatic rings. The lowest BCUT2D eigenvalue weighted by molar-refractivity contribution is -0.0522. The van der Waals surface area contributed by atoms with E-state index in [2.05, 4.69) is 0 Å². The molecule has 3 nitrogen and oxygen atoms in total. The molecular formula is C6H12N2O. The minimum atomic E-state index is -0.778. The summed E-state index contributed by atoms with van der Waals surface area (Å²) in [5.74, 6) is 0. The summed E-state index contributed by atoms with van der Waals surface area (Å²) in [6, 6.07) is 2.03. The third-order valence-corrected chi connectivity index (χ3v) is 1.46. The van der Waals surface area contributed by atoms with Crippen molar-refractivity contribution in [1.82, 2.24) is 4.90 Å². The highest BCUT2D eigenvalue weighted by atomic mass is 16.5. The van der Waals surface area contributed by atoms with Crippen molar-refractivity contribution in [2.24, 2.45) is 0 Å². The number of hydrogen-bond acceptors (Lipinski definition) is 3. The van der Waals surface area contributed by atoms with Gasteiger partial charge in [-0.25, -0.2) is 0 Å². The topological polar surface area (TPSA) is 36.3 Å². The Labute approximate surface area is 55.8 Å². The molecule has 0 aromatic rings. The first-order valence-electron chi connectivity index (χ1n) is 2.70. The van der Waals surface area contributed by atoms with Crippen molar-refractivity contribution in [2.75, 3.05) is 21.2 Å². The van der Waals surface area contributed by atoms with E-state index >= 15 is 0 Å². The molecule has 0 fully saturated rings. The van der Waals surface area contributed by atoms with E-state index in [4.69, 9.17) is 10.00 Å². The Morgan fingerprint density at radius 2 is 2.00 bits per heavy atom. The van der Waals surface area contributed by atoms with Crippen LogP contribution in [-0.4, -0.2) is 31.8 Å². The predicted octanol–water partition coefficient (Wildman–Crippen LogP) is 0.434.